The zero-order chi connectivity index (χ0) is 23.7. The standard InChI is InChI=1S/C27H27FN2O3S/c1-33-22-10-4-19(5-11-22)27-23-13-15-34-24(23)12-14-29(27)26(32)17-30(21-8-9-21)25(31)16-18-2-6-20(28)7-3-18/h2-7,10-11,13,15,21,27H,8-9,12,14,16-17H2,1H3. The van der Waals surface area contributed by atoms with Crippen LogP contribution < -0.4 is 4.74 Å². The summed E-state index contributed by atoms with van der Waals surface area (Å²) in [7, 11) is 1.64. The number of ether oxygens (including phenoxy) is 1. The summed E-state index contributed by atoms with van der Waals surface area (Å²) in [5, 5.41) is 2.08. The summed E-state index contributed by atoms with van der Waals surface area (Å²) in [5.41, 5.74) is 2.94. The van der Waals surface area contributed by atoms with Crippen LogP contribution in [0.3, 0.4) is 0 Å². The fourth-order valence-corrected chi connectivity index (χ4v) is 5.56. The molecule has 0 spiro atoms. The van der Waals surface area contributed by atoms with Crippen molar-refractivity contribution >= 4 is 23.2 Å². The van der Waals surface area contributed by atoms with E-state index in [-0.39, 0.29) is 42.7 Å². The summed E-state index contributed by atoms with van der Waals surface area (Å²) in [5.74, 6) is 0.316. The maximum Gasteiger partial charge on any atom is 0.243 e. The minimum Gasteiger partial charge on any atom is -0.497 e. The van der Waals surface area contributed by atoms with Gasteiger partial charge in [-0.25, -0.2) is 4.39 Å². The number of carbonyl (C=O) groups is 2. The Bertz CT molecular complexity index is 1170. The average Bonchev–Trinajstić information content (AvgIpc) is 3.58. The summed E-state index contributed by atoms with van der Waals surface area (Å²) in [6, 6.07) is 15.9. The van der Waals surface area contributed by atoms with E-state index in [0.717, 1.165) is 41.7 Å². The normalized spacial score (nSPS) is 17.2. The number of amides is 2. The monoisotopic (exact) mass is 478 g/mol. The summed E-state index contributed by atoms with van der Waals surface area (Å²) >= 11 is 1.73. The first-order chi connectivity index (χ1) is 16.5. The van der Waals surface area contributed by atoms with Gasteiger partial charge in [-0.15, -0.1) is 11.3 Å². The molecule has 1 atom stereocenters. The van der Waals surface area contributed by atoms with Gasteiger partial charge in [0.25, 0.3) is 0 Å². The average molecular weight is 479 g/mol. The van der Waals surface area contributed by atoms with Crippen LogP contribution >= 0.6 is 11.3 Å². The predicted octanol–water partition coefficient (Wildman–Crippen LogP) is 4.60. The van der Waals surface area contributed by atoms with Crippen LogP contribution in [-0.2, 0) is 22.4 Å². The van der Waals surface area contributed by atoms with Crippen molar-refractivity contribution in [2.24, 2.45) is 0 Å². The number of benzene rings is 2. The van der Waals surface area contributed by atoms with Crippen LogP contribution in [0.4, 0.5) is 4.39 Å². The molecule has 1 fully saturated rings. The molecule has 1 aliphatic heterocycles. The van der Waals surface area contributed by atoms with Crippen LogP contribution in [0.5, 0.6) is 5.75 Å². The van der Waals surface area contributed by atoms with Crippen molar-refractivity contribution < 1.29 is 18.7 Å². The maximum absolute atomic E-state index is 13.6. The summed E-state index contributed by atoms with van der Waals surface area (Å²) in [4.78, 5) is 31.7. The Morgan fingerprint density at radius 3 is 2.50 bits per heavy atom. The third-order valence-corrected chi connectivity index (χ3v) is 7.60. The number of carbonyl (C=O) groups excluding carboxylic acids is 2. The Balaban J connectivity index is 1.36. The van der Waals surface area contributed by atoms with Crippen molar-refractivity contribution in [3.63, 3.8) is 0 Å². The second kappa shape index (κ2) is 9.58. The summed E-state index contributed by atoms with van der Waals surface area (Å²) in [6.07, 6.45) is 2.82. The van der Waals surface area contributed by atoms with Gasteiger partial charge in [-0.2, -0.15) is 0 Å². The second-order valence-corrected chi connectivity index (χ2v) is 9.87. The van der Waals surface area contributed by atoms with Crippen molar-refractivity contribution in [1.82, 2.24) is 9.80 Å². The van der Waals surface area contributed by atoms with E-state index in [9.17, 15) is 14.0 Å². The highest BCUT2D eigenvalue weighted by atomic mass is 32.1. The van der Waals surface area contributed by atoms with Crippen LogP contribution in [-0.4, -0.2) is 47.9 Å². The molecule has 0 N–H and O–H groups in total. The molecule has 1 unspecified atom stereocenters. The number of hydrogen-bond acceptors (Lipinski definition) is 4. The number of fused-ring (bicyclic) bond motifs is 1. The van der Waals surface area contributed by atoms with Crippen molar-refractivity contribution in [2.45, 2.75) is 37.8 Å². The zero-order valence-electron chi connectivity index (χ0n) is 19.1. The van der Waals surface area contributed by atoms with Gasteiger partial charge in [0.2, 0.25) is 11.8 Å². The quantitative estimate of drug-likeness (QED) is 0.499. The smallest absolute Gasteiger partial charge is 0.243 e. The third kappa shape index (κ3) is 4.71. The van der Waals surface area contributed by atoms with Crippen LogP contribution in [0.1, 0.15) is 40.5 Å². The minimum atomic E-state index is -0.326. The molecular formula is C27H27FN2O3S. The zero-order valence-corrected chi connectivity index (χ0v) is 19.9. The molecule has 0 bridgehead atoms. The highest BCUT2D eigenvalue weighted by Gasteiger charge is 2.38. The molecular weight excluding hydrogens is 451 g/mol. The molecule has 1 aromatic heterocycles. The Morgan fingerprint density at radius 2 is 1.82 bits per heavy atom. The number of methoxy groups -OCH3 is 1. The maximum atomic E-state index is 13.6. The van der Waals surface area contributed by atoms with Crippen LogP contribution in [0.2, 0.25) is 0 Å². The molecule has 34 heavy (non-hydrogen) atoms. The lowest BCUT2D eigenvalue weighted by Gasteiger charge is -2.37. The third-order valence-electron chi connectivity index (χ3n) is 6.60. The van der Waals surface area contributed by atoms with E-state index >= 15 is 0 Å². The van der Waals surface area contributed by atoms with Gasteiger partial charge < -0.3 is 14.5 Å². The topological polar surface area (TPSA) is 49.9 Å². The number of nitrogens with zero attached hydrogens (tertiary/aromatic N) is 2. The lowest BCUT2D eigenvalue weighted by molar-refractivity contribution is -0.142. The lowest BCUT2D eigenvalue weighted by atomic mass is 9.93. The molecule has 5 nitrogen and oxygen atoms in total. The summed E-state index contributed by atoms with van der Waals surface area (Å²) < 4.78 is 18.6. The second-order valence-electron chi connectivity index (χ2n) is 8.87. The molecule has 1 saturated carbocycles. The van der Waals surface area contributed by atoms with E-state index in [4.69, 9.17) is 4.74 Å². The van der Waals surface area contributed by atoms with Crippen molar-refractivity contribution in [1.29, 1.82) is 0 Å². The van der Waals surface area contributed by atoms with Gasteiger partial charge in [-0.05, 0) is 71.7 Å². The Morgan fingerprint density at radius 1 is 1.09 bits per heavy atom. The molecule has 0 radical (unpaired) electrons. The molecule has 2 aromatic carbocycles. The predicted molar refractivity (Wildman–Crippen MR) is 129 cm³/mol. The number of thiophene rings is 1. The van der Waals surface area contributed by atoms with Gasteiger partial charge in [0.05, 0.1) is 19.6 Å². The Labute approximate surface area is 202 Å². The first-order valence-corrected chi connectivity index (χ1v) is 12.4. The Hall–Kier alpha value is -3.19. The Kier molecular flexibility index (Phi) is 6.37. The molecule has 1 aliphatic carbocycles. The summed E-state index contributed by atoms with van der Waals surface area (Å²) in [6.45, 7) is 0.685. The molecule has 7 heteroatoms. The number of rotatable bonds is 7. The molecule has 3 aromatic rings. The van der Waals surface area contributed by atoms with Crippen LogP contribution in [0.15, 0.2) is 60.0 Å². The SMILES string of the molecule is COc1ccc(C2c3ccsc3CCN2C(=O)CN(C(=O)Cc2ccc(F)cc2)C2CC2)cc1. The van der Waals surface area contributed by atoms with Gasteiger partial charge in [-0.3, -0.25) is 9.59 Å². The number of hydrogen-bond donors (Lipinski definition) is 0. The molecule has 176 valence electrons. The molecule has 2 heterocycles. The van der Waals surface area contributed by atoms with E-state index in [1.54, 1.807) is 35.5 Å². The highest BCUT2D eigenvalue weighted by Crippen LogP contribution is 2.38. The minimum absolute atomic E-state index is 0.0444. The van der Waals surface area contributed by atoms with Crippen LogP contribution in [0, 0.1) is 5.82 Å². The first-order valence-electron chi connectivity index (χ1n) is 11.6. The number of halogens is 1. The first kappa shape index (κ1) is 22.6. The fourth-order valence-electron chi connectivity index (χ4n) is 4.65. The van der Waals surface area contributed by atoms with Gasteiger partial charge in [0.1, 0.15) is 18.1 Å². The molecule has 0 saturated heterocycles. The van der Waals surface area contributed by atoms with E-state index in [1.165, 1.54) is 17.0 Å². The van der Waals surface area contributed by atoms with Crippen molar-refractivity contribution in [3.05, 3.63) is 87.4 Å². The largest absolute Gasteiger partial charge is 0.497 e. The highest BCUT2D eigenvalue weighted by molar-refractivity contribution is 7.10. The van der Waals surface area contributed by atoms with Crippen LogP contribution in [0.25, 0.3) is 0 Å². The van der Waals surface area contributed by atoms with E-state index in [1.807, 2.05) is 29.2 Å². The van der Waals surface area contributed by atoms with Gasteiger partial charge in [0, 0.05) is 17.5 Å². The lowest BCUT2D eigenvalue weighted by Crippen LogP contribution is -2.47. The van der Waals surface area contributed by atoms with E-state index in [0.29, 0.717) is 6.54 Å². The van der Waals surface area contributed by atoms with Gasteiger partial charge in [-0.1, -0.05) is 24.3 Å². The van der Waals surface area contributed by atoms with Crippen molar-refractivity contribution in [2.75, 3.05) is 20.2 Å². The van der Waals surface area contributed by atoms with Gasteiger partial charge in [0.15, 0.2) is 0 Å². The molecule has 2 amide bonds. The fraction of sp³-hybridized carbons (Fsp3) is 0.333. The van der Waals surface area contributed by atoms with Crippen molar-refractivity contribution in [3.8, 4) is 5.75 Å². The van der Waals surface area contributed by atoms with Gasteiger partial charge >= 0.3 is 0 Å². The molecule has 2 aliphatic rings. The van der Waals surface area contributed by atoms with E-state index < -0.39 is 0 Å². The van der Waals surface area contributed by atoms with E-state index in [2.05, 4.69) is 11.4 Å². The molecule has 5 rings (SSSR count).